The highest BCUT2D eigenvalue weighted by Gasteiger charge is 2.36. The number of hydrogen-bond donors (Lipinski definition) is 1. The molecule has 0 amide bonds. The first-order valence-corrected chi connectivity index (χ1v) is 7.33. The highest BCUT2D eigenvalue weighted by Crippen LogP contribution is 2.37. The van der Waals surface area contributed by atoms with Crippen LogP contribution in [0.25, 0.3) is 0 Å². The summed E-state index contributed by atoms with van der Waals surface area (Å²) in [7, 11) is 0. The second-order valence-corrected chi connectivity index (χ2v) is 7.43. The van der Waals surface area contributed by atoms with Crippen molar-refractivity contribution >= 4 is 5.69 Å². The molecule has 0 spiro atoms. The van der Waals surface area contributed by atoms with Crippen LogP contribution in [0.4, 0.5) is 5.69 Å². The molecule has 1 aromatic carbocycles. The Morgan fingerprint density at radius 1 is 1.21 bits per heavy atom. The third-order valence-corrected chi connectivity index (χ3v) is 4.06. The molecule has 0 aromatic heterocycles. The topological polar surface area (TPSA) is 15.3 Å². The molecule has 1 aromatic rings. The van der Waals surface area contributed by atoms with E-state index in [9.17, 15) is 0 Å². The van der Waals surface area contributed by atoms with Gasteiger partial charge in [-0.05, 0) is 37.8 Å². The summed E-state index contributed by atoms with van der Waals surface area (Å²) in [5.41, 5.74) is 3.17. The van der Waals surface area contributed by atoms with Gasteiger partial charge in [0.05, 0.1) is 0 Å². The zero-order valence-electron chi connectivity index (χ0n) is 13.2. The monoisotopic (exact) mass is 260 g/mol. The van der Waals surface area contributed by atoms with Crippen molar-refractivity contribution in [2.75, 3.05) is 18.0 Å². The summed E-state index contributed by atoms with van der Waals surface area (Å²) in [6.07, 6.45) is 0. The number of piperazine rings is 1. The fourth-order valence-corrected chi connectivity index (χ4v) is 3.24. The van der Waals surface area contributed by atoms with Crippen molar-refractivity contribution in [2.45, 2.75) is 58.5 Å². The SMILES string of the molecule is CC1CNCC(C)(C)N1c1ccccc1C(C)(C)C. The minimum atomic E-state index is 0.152. The Morgan fingerprint density at radius 3 is 2.42 bits per heavy atom. The van der Waals surface area contributed by atoms with Crippen LogP contribution in [-0.2, 0) is 5.41 Å². The smallest absolute Gasteiger partial charge is 0.0473 e. The first-order valence-electron chi connectivity index (χ1n) is 7.33. The van der Waals surface area contributed by atoms with Gasteiger partial charge in [0.25, 0.3) is 0 Å². The highest BCUT2D eigenvalue weighted by atomic mass is 15.3. The van der Waals surface area contributed by atoms with Gasteiger partial charge in [0.15, 0.2) is 0 Å². The fraction of sp³-hybridized carbons (Fsp3) is 0.647. The Labute approximate surface area is 118 Å². The van der Waals surface area contributed by atoms with Gasteiger partial charge in [-0.2, -0.15) is 0 Å². The second-order valence-electron chi connectivity index (χ2n) is 7.43. The van der Waals surface area contributed by atoms with Crippen molar-refractivity contribution in [3.63, 3.8) is 0 Å². The first kappa shape index (κ1) is 14.4. The molecule has 1 N–H and O–H groups in total. The molecular formula is C17H28N2. The van der Waals surface area contributed by atoms with Crippen molar-refractivity contribution in [3.8, 4) is 0 Å². The lowest BCUT2D eigenvalue weighted by molar-refractivity contribution is 0.332. The van der Waals surface area contributed by atoms with E-state index in [4.69, 9.17) is 0 Å². The number of hydrogen-bond acceptors (Lipinski definition) is 2. The third-order valence-electron chi connectivity index (χ3n) is 4.06. The van der Waals surface area contributed by atoms with Crippen LogP contribution in [0.5, 0.6) is 0 Å². The molecule has 1 saturated heterocycles. The Balaban J connectivity index is 2.51. The van der Waals surface area contributed by atoms with Crippen molar-refractivity contribution in [1.29, 1.82) is 0 Å². The molecule has 1 aliphatic heterocycles. The molecule has 106 valence electrons. The molecule has 2 rings (SSSR count). The van der Waals surface area contributed by atoms with E-state index in [2.05, 4.69) is 76.0 Å². The summed E-state index contributed by atoms with van der Waals surface area (Å²) >= 11 is 0. The van der Waals surface area contributed by atoms with Crippen LogP contribution in [0.3, 0.4) is 0 Å². The molecule has 1 unspecified atom stereocenters. The van der Waals surface area contributed by atoms with Crippen molar-refractivity contribution in [2.24, 2.45) is 0 Å². The largest absolute Gasteiger partial charge is 0.361 e. The van der Waals surface area contributed by atoms with Gasteiger partial charge >= 0.3 is 0 Å². The molecule has 1 fully saturated rings. The zero-order chi connectivity index (χ0) is 14.3. The maximum Gasteiger partial charge on any atom is 0.0473 e. The average molecular weight is 260 g/mol. The molecule has 0 bridgehead atoms. The zero-order valence-corrected chi connectivity index (χ0v) is 13.2. The standard InChI is InChI=1S/C17H28N2/c1-13-11-18-12-17(5,6)19(13)15-10-8-7-9-14(15)16(2,3)4/h7-10,13,18H,11-12H2,1-6H3. The lowest BCUT2D eigenvalue weighted by Gasteiger charge is -2.50. The van der Waals surface area contributed by atoms with Crippen LogP contribution in [0.1, 0.15) is 47.1 Å². The number of benzene rings is 1. The summed E-state index contributed by atoms with van der Waals surface area (Å²) in [4.78, 5) is 2.60. The lowest BCUT2D eigenvalue weighted by atomic mass is 9.83. The number of anilines is 1. The second kappa shape index (κ2) is 4.82. The van der Waals surface area contributed by atoms with Gasteiger partial charge in [0, 0.05) is 30.4 Å². The van der Waals surface area contributed by atoms with Gasteiger partial charge in [-0.3, -0.25) is 0 Å². The fourth-order valence-electron chi connectivity index (χ4n) is 3.24. The van der Waals surface area contributed by atoms with E-state index >= 15 is 0 Å². The van der Waals surface area contributed by atoms with Gasteiger partial charge in [0.1, 0.15) is 0 Å². The van der Waals surface area contributed by atoms with E-state index in [0.717, 1.165) is 13.1 Å². The number of nitrogens with one attached hydrogen (secondary N) is 1. The minimum Gasteiger partial charge on any atom is -0.361 e. The first-order chi connectivity index (χ1) is 8.73. The Morgan fingerprint density at radius 2 is 1.84 bits per heavy atom. The van der Waals surface area contributed by atoms with E-state index in [1.807, 2.05) is 0 Å². The minimum absolute atomic E-state index is 0.152. The van der Waals surface area contributed by atoms with Crippen LogP contribution < -0.4 is 10.2 Å². The molecular weight excluding hydrogens is 232 g/mol. The molecule has 0 radical (unpaired) electrons. The Bertz CT molecular complexity index is 443. The maximum absolute atomic E-state index is 3.54. The van der Waals surface area contributed by atoms with Crippen molar-refractivity contribution < 1.29 is 0 Å². The molecule has 19 heavy (non-hydrogen) atoms. The van der Waals surface area contributed by atoms with Crippen LogP contribution in [0.2, 0.25) is 0 Å². The molecule has 1 aliphatic rings. The van der Waals surface area contributed by atoms with Crippen LogP contribution in [-0.4, -0.2) is 24.7 Å². The lowest BCUT2D eigenvalue weighted by Crippen LogP contribution is -2.62. The molecule has 0 saturated carbocycles. The molecule has 1 heterocycles. The van der Waals surface area contributed by atoms with E-state index in [1.165, 1.54) is 11.3 Å². The van der Waals surface area contributed by atoms with Crippen LogP contribution >= 0.6 is 0 Å². The van der Waals surface area contributed by atoms with Gasteiger partial charge < -0.3 is 10.2 Å². The van der Waals surface area contributed by atoms with Gasteiger partial charge in [-0.25, -0.2) is 0 Å². The predicted octanol–water partition coefficient (Wildman–Crippen LogP) is 3.56. The molecule has 2 heteroatoms. The molecule has 0 aliphatic carbocycles. The summed E-state index contributed by atoms with van der Waals surface area (Å²) in [5, 5.41) is 3.54. The van der Waals surface area contributed by atoms with Gasteiger partial charge in [0.2, 0.25) is 0 Å². The number of nitrogens with zero attached hydrogens (tertiary/aromatic N) is 1. The normalized spacial score (nSPS) is 23.5. The average Bonchev–Trinajstić information content (AvgIpc) is 2.27. The predicted molar refractivity (Wildman–Crippen MR) is 84.0 cm³/mol. The molecule has 1 atom stereocenters. The van der Waals surface area contributed by atoms with E-state index in [0.29, 0.717) is 6.04 Å². The quantitative estimate of drug-likeness (QED) is 0.830. The van der Waals surface area contributed by atoms with E-state index in [1.54, 1.807) is 0 Å². The van der Waals surface area contributed by atoms with Gasteiger partial charge in [-0.15, -0.1) is 0 Å². The van der Waals surface area contributed by atoms with Crippen molar-refractivity contribution in [1.82, 2.24) is 5.32 Å². The molecule has 2 nitrogen and oxygen atoms in total. The Hall–Kier alpha value is -1.02. The number of rotatable bonds is 1. The summed E-state index contributed by atoms with van der Waals surface area (Å²) in [6, 6.07) is 9.40. The summed E-state index contributed by atoms with van der Waals surface area (Å²) < 4.78 is 0. The Kier molecular flexibility index (Phi) is 3.65. The van der Waals surface area contributed by atoms with E-state index < -0.39 is 0 Å². The van der Waals surface area contributed by atoms with Gasteiger partial charge in [-0.1, -0.05) is 39.0 Å². The van der Waals surface area contributed by atoms with E-state index in [-0.39, 0.29) is 11.0 Å². The number of para-hydroxylation sites is 1. The van der Waals surface area contributed by atoms with Crippen LogP contribution in [0, 0.1) is 0 Å². The van der Waals surface area contributed by atoms with Crippen molar-refractivity contribution in [3.05, 3.63) is 29.8 Å². The van der Waals surface area contributed by atoms with Crippen LogP contribution in [0.15, 0.2) is 24.3 Å². The highest BCUT2D eigenvalue weighted by molar-refractivity contribution is 5.59. The summed E-state index contributed by atoms with van der Waals surface area (Å²) in [5.74, 6) is 0. The maximum atomic E-state index is 3.54. The third kappa shape index (κ3) is 2.79. The summed E-state index contributed by atoms with van der Waals surface area (Å²) in [6.45, 7) is 16.0.